The summed E-state index contributed by atoms with van der Waals surface area (Å²) in [5, 5.41) is 25.6. The number of hydrogen-bond donors (Lipinski definition) is 10. The number of nitrogens with zero attached hydrogens (tertiary/aromatic N) is 1. The average Bonchev–Trinajstić information content (AvgIpc) is 3.72. The Balaban J connectivity index is 3.38. The second-order valence-corrected chi connectivity index (χ2v) is 19.4. The molecule has 0 aromatic rings. The van der Waals surface area contributed by atoms with Crippen LogP contribution in [0.3, 0.4) is 0 Å². The fourth-order valence-electron chi connectivity index (χ4n) is 7.50. The number of amides is 8. The minimum absolute atomic E-state index is 0.0566. The minimum Gasteiger partial charge on any atom is -0.480 e. The molecule has 8 amide bonds. The van der Waals surface area contributed by atoms with E-state index >= 15 is 0 Å². The molecule has 1 heterocycles. The summed E-state index contributed by atoms with van der Waals surface area (Å²) in [5.74, 6) is -7.00. The highest BCUT2D eigenvalue weighted by Crippen LogP contribution is 2.21. The number of aliphatic carboxylic acids is 1. The molecule has 372 valence electrons. The Bertz CT molecular complexity index is 1600. The molecule has 0 aromatic carbocycles. The zero-order valence-electron chi connectivity index (χ0n) is 40.0. The van der Waals surface area contributed by atoms with Crippen LogP contribution in [0.5, 0.6) is 0 Å². The van der Waals surface area contributed by atoms with E-state index in [0.717, 1.165) is 0 Å². The van der Waals surface area contributed by atoms with Crippen molar-refractivity contribution in [2.75, 3.05) is 25.1 Å². The van der Waals surface area contributed by atoms with E-state index in [0.29, 0.717) is 57.4 Å². The first-order chi connectivity index (χ1) is 30.5. The second-order valence-electron chi connectivity index (χ2n) is 18.4. The number of carboxylic acid groups (broad SMARTS) is 1. The van der Waals surface area contributed by atoms with Gasteiger partial charge in [0.2, 0.25) is 47.3 Å². The first-order valence-corrected chi connectivity index (χ1v) is 24.4. The number of nitrogens with one attached hydrogen (secondary N) is 6. The number of hydrogen-bond acceptors (Lipinski definition) is 12. The Kier molecular flexibility index (Phi) is 26.9. The Morgan fingerprint density at radius 1 is 0.677 bits per heavy atom. The normalized spacial score (nSPS) is 17.5. The van der Waals surface area contributed by atoms with Crippen LogP contribution in [0.15, 0.2) is 0 Å². The number of unbranched alkanes of at least 4 members (excludes halogenated alkanes) is 1. The molecule has 0 spiro atoms. The molecule has 20 nitrogen and oxygen atoms in total. The van der Waals surface area contributed by atoms with Crippen LogP contribution in [-0.2, 0) is 43.2 Å². The van der Waals surface area contributed by atoms with Crippen LogP contribution >= 0.6 is 11.8 Å². The zero-order chi connectivity index (χ0) is 49.6. The summed E-state index contributed by atoms with van der Waals surface area (Å²) in [6, 6.07) is -9.12. The van der Waals surface area contributed by atoms with Crippen LogP contribution in [-0.4, -0.2) is 137 Å². The molecule has 0 radical (unpaired) electrons. The number of nitrogens with two attached hydrogens (primary N) is 3. The van der Waals surface area contributed by atoms with Gasteiger partial charge in [-0.15, -0.1) is 0 Å². The molecule has 9 atom stereocenters. The fraction of sp³-hybridized carbons (Fsp3) is 0.795. The summed E-state index contributed by atoms with van der Waals surface area (Å²) < 4.78 is 0. The van der Waals surface area contributed by atoms with Crippen molar-refractivity contribution in [2.45, 2.75) is 174 Å². The van der Waals surface area contributed by atoms with Crippen molar-refractivity contribution >= 4 is 65.0 Å². The topological polar surface area (TPSA) is 327 Å². The minimum atomic E-state index is -1.56. The first-order valence-electron chi connectivity index (χ1n) is 23.1. The highest BCUT2D eigenvalue weighted by atomic mass is 32.2. The van der Waals surface area contributed by atoms with Gasteiger partial charge in [-0.25, -0.2) is 4.79 Å². The summed E-state index contributed by atoms with van der Waals surface area (Å²) in [5.41, 5.74) is 17.4. The molecule has 1 aliphatic heterocycles. The first kappa shape index (κ1) is 58.5. The molecule has 0 bridgehead atoms. The van der Waals surface area contributed by atoms with Gasteiger partial charge in [0.15, 0.2) is 0 Å². The Morgan fingerprint density at radius 3 is 1.63 bits per heavy atom. The van der Waals surface area contributed by atoms with Crippen LogP contribution in [0.25, 0.3) is 0 Å². The lowest BCUT2D eigenvalue weighted by atomic mass is 9.98. The largest absolute Gasteiger partial charge is 0.480 e. The number of thioether (sulfide) groups is 1. The summed E-state index contributed by atoms with van der Waals surface area (Å²) >= 11 is 1.41. The molecule has 0 unspecified atom stereocenters. The van der Waals surface area contributed by atoms with Gasteiger partial charge in [0.1, 0.15) is 42.3 Å². The highest BCUT2D eigenvalue weighted by molar-refractivity contribution is 7.98. The van der Waals surface area contributed by atoms with Crippen molar-refractivity contribution in [1.82, 2.24) is 36.8 Å². The molecule has 1 saturated heterocycles. The van der Waals surface area contributed by atoms with Gasteiger partial charge in [-0.1, -0.05) is 61.8 Å². The molecular formula is C44H80N10O10S. The Hall–Kier alpha value is -4.50. The molecule has 1 rings (SSSR count). The standard InChI is InChI=1S/C44H80N10O10S/c1-10-27(8)36(44(63)64)53-41(60)33(23-35(47)55)51-40(59)31(21-25(4)5)50-38(57)30(16-19-65-9)49-37(56)29(14-11-12-17-45)48-39(58)32(22-26(6)7)52-42(61)34-15-13-18-54(34)43(62)28(46)20-24(2)3/h24-34,36H,10-23,45-46H2,1-9H3,(H2,47,55)(H,48,58)(H,49,56)(H,50,57)(H,51,59)(H,52,61)(H,53,60)(H,63,64)/t27-,28-,29-,30-,31-,32-,33-,34-,36-/m0/s1. The van der Waals surface area contributed by atoms with Gasteiger partial charge < -0.3 is 59.1 Å². The van der Waals surface area contributed by atoms with Gasteiger partial charge in [-0.2, -0.15) is 11.8 Å². The number of likely N-dealkylation sites (tertiary alicyclic amines) is 1. The molecule has 1 fully saturated rings. The average molecular weight is 941 g/mol. The van der Waals surface area contributed by atoms with E-state index < -0.39 is 108 Å². The molecule has 0 aliphatic carbocycles. The van der Waals surface area contributed by atoms with Crippen LogP contribution in [0.2, 0.25) is 0 Å². The van der Waals surface area contributed by atoms with Crippen molar-refractivity contribution in [3.05, 3.63) is 0 Å². The van der Waals surface area contributed by atoms with Crippen molar-refractivity contribution < 1.29 is 48.3 Å². The second kappa shape index (κ2) is 29.9. The molecule has 0 aromatic heterocycles. The highest BCUT2D eigenvalue weighted by Gasteiger charge is 2.39. The number of carboxylic acids is 1. The SMILES string of the molecule is CC[C@H](C)[C@H](NC(=O)[C@H](CC(N)=O)NC(=O)[C@H](CC(C)C)NC(=O)[C@H](CCSC)NC(=O)[C@H](CCCCN)NC(=O)[C@H](CC(C)C)NC(=O)[C@@H]1CCCN1C(=O)[C@@H](N)CC(C)C)C(=O)O. The summed E-state index contributed by atoms with van der Waals surface area (Å²) in [6.45, 7) is 15.3. The smallest absolute Gasteiger partial charge is 0.326 e. The quantitative estimate of drug-likeness (QED) is 0.0417. The lowest BCUT2D eigenvalue weighted by Crippen LogP contribution is -2.60. The predicted octanol–water partition coefficient (Wildman–Crippen LogP) is 0.240. The molecular weight excluding hydrogens is 861 g/mol. The van der Waals surface area contributed by atoms with Gasteiger partial charge in [-0.3, -0.25) is 38.4 Å². The number of primary amides is 1. The maximum atomic E-state index is 14.1. The van der Waals surface area contributed by atoms with Crippen LogP contribution in [0.1, 0.15) is 126 Å². The molecule has 0 saturated carbocycles. The summed E-state index contributed by atoms with van der Waals surface area (Å²) in [6.07, 6.45) is 4.57. The zero-order valence-corrected chi connectivity index (χ0v) is 40.9. The number of carbonyl (C=O) groups excluding carboxylic acids is 8. The predicted molar refractivity (Wildman–Crippen MR) is 249 cm³/mol. The molecule has 1 aliphatic rings. The van der Waals surface area contributed by atoms with Gasteiger partial charge in [-0.05, 0) is 100 Å². The van der Waals surface area contributed by atoms with Crippen molar-refractivity contribution in [2.24, 2.45) is 40.9 Å². The van der Waals surface area contributed by atoms with E-state index in [9.17, 15) is 48.3 Å². The van der Waals surface area contributed by atoms with Crippen LogP contribution in [0, 0.1) is 23.7 Å². The van der Waals surface area contributed by atoms with Crippen LogP contribution < -0.4 is 49.1 Å². The third-order valence-corrected chi connectivity index (χ3v) is 11.8. The van der Waals surface area contributed by atoms with Gasteiger partial charge in [0.25, 0.3) is 0 Å². The lowest BCUT2D eigenvalue weighted by Gasteiger charge is -2.30. The molecule has 65 heavy (non-hydrogen) atoms. The molecule has 13 N–H and O–H groups in total. The van der Waals surface area contributed by atoms with E-state index in [2.05, 4.69) is 31.9 Å². The van der Waals surface area contributed by atoms with E-state index in [1.54, 1.807) is 27.7 Å². The Labute approximate surface area is 389 Å². The summed E-state index contributed by atoms with van der Waals surface area (Å²) in [4.78, 5) is 122. The van der Waals surface area contributed by atoms with E-state index in [1.165, 1.54) is 16.7 Å². The van der Waals surface area contributed by atoms with Crippen molar-refractivity contribution in [3.63, 3.8) is 0 Å². The third-order valence-electron chi connectivity index (χ3n) is 11.2. The van der Waals surface area contributed by atoms with E-state index in [4.69, 9.17) is 17.2 Å². The van der Waals surface area contributed by atoms with Gasteiger partial charge in [0.05, 0.1) is 12.5 Å². The number of carbonyl (C=O) groups is 9. The van der Waals surface area contributed by atoms with Gasteiger partial charge >= 0.3 is 5.97 Å². The number of rotatable bonds is 31. The maximum absolute atomic E-state index is 14.1. The summed E-state index contributed by atoms with van der Waals surface area (Å²) in [7, 11) is 0. The molecule has 21 heteroatoms. The van der Waals surface area contributed by atoms with Gasteiger partial charge in [0, 0.05) is 6.54 Å². The van der Waals surface area contributed by atoms with E-state index in [-0.39, 0.29) is 49.3 Å². The van der Waals surface area contributed by atoms with Crippen molar-refractivity contribution in [3.8, 4) is 0 Å². The monoisotopic (exact) mass is 941 g/mol. The van der Waals surface area contributed by atoms with E-state index in [1.807, 2.05) is 34.0 Å². The Morgan fingerprint density at radius 2 is 1.15 bits per heavy atom. The third kappa shape index (κ3) is 21.1. The van der Waals surface area contributed by atoms with Crippen molar-refractivity contribution in [1.29, 1.82) is 0 Å². The lowest BCUT2D eigenvalue weighted by molar-refractivity contribution is -0.144. The van der Waals surface area contributed by atoms with Crippen LogP contribution in [0.4, 0.5) is 0 Å². The fourth-order valence-corrected chi connectivity index (χ4v) is 7.97. The maximum Gasteiger partial charge on any atom is 0.326 e.